The predicted molar refractivity (Wildman–Crippen MR) is 142 cm³/mol. The number of halogens is 1. The Morgan fingerprint density at radius 3 is 2.52 bits per heavy atom. The summed E-state index contributed by atoms with van der Waals surface area (Å²) >= 11 is 9.81. The highest BCUT2D eigenvalue weighted by molar-refractivity contribution is 9.10. The van der Waals surface area contributed by atoms with E-state index in [1.165, 1.54) is 32.1 Å². The van der Waals surface area contributed by atoms with Crippen molar-refractivity contribution >= 4 is 62.1 Å². The van der Waals surface area contributed by atoms with Crippen LogP contribution in [0.15, 0.2) is 57.9 Å². The maximum Gasteiger partial charge on any atom is 0.285 e. The lowest BCUT2D eigenvalue weighted by Gasteiger charge is -2.16. The molecule has 2 aromatic rings. The number of nitrogens with zero attached hydrogens (tertiary/aromatic N) is 1. The normalized spacial score (nSPS) is 14.7. The summed E-state index contributed by atoms with van der Waals surface area (Å²) in [6, 6.07) is 14.6. The van der Waals surface area contributed by atoms with Crippen molar-refractivity contribution in [2.75, 3.05) is 6.61 Å². The van der Waals surface area contributed by atoms with Crippen molar-refractivity contribution in [1.82, 2.24) is 10.4 Å². The second-order valence-corrected chi connectivity index (χ2v) is 10.2. The average Bonchev–Trinajstić information content (AvgIpc) is 3.07. The zero-order chi connectivity index (χ0) is 23.6. The molecule has 2 aromatic carbocycles. The summed E-state index contributed by atoms with van der Waals surface area (Å²) in [7, 11) is 0. The largest absolute Gasteiger partial charge is 0.494 e. The number of carbonyl (C=O) groups is 2. The maximum atomic E-state index is 12.8. The second kappa shape index (κ2) is 12.9. The number of thiocarbonyl (C=S) groups is 1. The van der Waals surface area contributed by atoms with E-state index in [-0.39, 0.29) is 10.2 Å². The van der Waals surface area contributed by atoms with Crippen LogP contribution in [0, 0.1) is 0 Å². The van der Waals surface area contributed by atoms with E-state index in [0.29, 0.717) is 21.5 Å². The fourth-order valence-electron chi connectivity index (χ4n) is 3.26. The SMILES string of the molecule is CCCCCCCCOc1ccc(C=C2SC(=S)N(NC(=O)c3ccccc3Br)C2=O)cc1. The molecule has 1 fully saturated rings. The molecule has 0 unspecified atom stereocenters. The van der Waals surface area contributed by atoms with Crippen LogP contribution in [-0.2, 0) is 4.79 Å². The van der Waals surface area contributed by atoms with Gasteiger partial charge in [0.2, 0.25) is 0 Å². The third-order valence-corrected chi connectivity index (χ3v) is 7.06. The number of ether oxygens (including phenoxy) is 1. The van der Waals surface area contributed by atoms with Crippen LogP contribution in [0.2, 0.25) is 0 Å². The minimum atomic E-state index is -0.410. The van der Waals surface area contributed by atoms with Gasteiger partial charge in [0.25, 0.3) is 11.8 Å². The number of carbonyl (C=O) groups excluding carboxylic acids is 2. The molecule has 33 heavy (non-hydrogen) atoms. The number of unbranched alkanes of at least 4 members (excludes halogenated alkanes) is 5. The highest BCUT2D eigenvalue weighted by atomic mass is 79.9. The quantitative estimate of drug-likeness (QED) is 0.192. The number of rotatable bonds is 11. The molecule has 0 aromatic heterocycles. The summed E-state index contributed by atoms with van der Waals surface area (Å²) in [5, 5.41) is 1.12. The van der Waals surface area contributed by atoms with Crippen LogP contribution in [-0.4, -0.2) is 27.8 Å². The van der Waals surface area contributed by atoms with Gasteiger partial charge in [0, 0.05) is 4.47 Å². The molecule has 0 aliphatic carbocycles. The lowest BCUT2D eigenvalue weighted by atomic mass is 10.1. The Morgan fingerprint density at radius 1 is 1.09 bits per heavy atom. The van der Waals surface area contributed by atoms with Gasteiger partial charge in [0.15, 0.2) is 4.32 Å². The first-order valence-corrected chi connectivity index (χ1v) is 13.1. The maximum absolute atomic E-state index is 12.8. The van der Waals surface area contributed by atoms with Gasteiger partial charge in [-0.15, -0.1) is 0 Å². The first kappa shape index (κ1) is 25.5. The van der Waals surface area contributed by atoms with Crippen LogP contribution in [0.25, 0.3) is 6.08 Å². The fraction of sp³-hybridized carbons (Fsp3) is 0.320. The monoisotopic (exact) mass is 546 g/mol. The Kier molecular flexibility index (Phi) is 9.96. The Labute approximate surface area is 213 Å². The van der Waals surface area contributed by atoms with Crippen LogP contribution >= 0.6 is 39.9 Å². The third-order valence-electron chi connectivity index (χ3n) is 5.07. The van der Waals surface area contributed by atoms with Gasteiger partial charge < -0.3 is 4.74 Å². The van der Waals surface area contributed by atoms with Crippen LogP contribution in [0.3, 0.4) is 0 Å². The Hall–Kier alpha value is -2.16. The molecule has 0 bridgehead atoms. The number of amides is 2. The number of nitrogens with one attached hydrogen (secondary N) is 1. The summed E-state index contributed by atoms with van der Waals surface area (Å²) in [4.78, 5) is 25.8. The van der Waals surface area contributed by atoms with Crippen molar-refractivity contribution in [3.05, 3.63) is 69.0 Å². The molecule has 3 rings (SSSR count). The number of thioether (sulfide) groups is 1. The first-order valence-electron chi connectivity index (χ1n) is 11.1. The average molecular weight is 548 g/mol. The lowest BCUT2D eigenvalue weighted by molar-refractivity contribution is -0.123. The highest BCUT2D eigenvalue weighted by Crippen LogP contribution is 2.32. The van der Waals surface area contributed by atoms with Crippen LogP contribution in [0.1, 0.15) is 61.4 Å². The molecule has 0 spiro atoms. The molecule has 0 saturated carbocycles. The Bertz CT molecular complexity index is 1020. The highest BCUT2D eigenvalue weighted by Gasteiger charge is 2.34. The second-order valence-electron chi connectivity index (χ2n) is 7.62. The zero-order valence-corrected chi connectivity index (χ0v) is 21.7. The van der Waals surface area contributed by atoms with E-state index in [9.17, 15) is 9.59 Å². The first-order chi connectivity index (χ1) is 16.0. The standard InChI is InChI=1S/C25H27BrN2O3S2/c1-2-3-4-5-6-9-16-31-19-14-12-18(13-15-19)17-22-24(30)28(25(32)33-22)27-23(29)20-10-7-8-11-21(20)26/h7-8,10-15,17H,2-6,9,16H2,1H3,(H,27,29). The van der Waals surface area contributed by atoms with Crippen molar-refractivity contribution in [3.8, 4) is 5.75 Å². The number of benzene rings is 2. The van der Waals surface area contributed by atoms with E-state index in [1.807, 2.05) is 30.3 Å². The van der Waals surface area contributed by atoms with Crippen molar-refractivity contribution in [2.24, 2.45) is 0 Å². The summed E-state index contributed by atoms with van der Waals surface area (Å²) in [5.41, 5.74) is 3.88. The minimum Gasteiger partial charge on any atom is -0.494 e. The van der Waals surface area contributed by atoms with Crippen molar-refractivity contribution in [2.45, 2.75) is 45.4 Å². The molecule has 0 radical (unpaired) electrons. The van der Waals surface area contributed by atoms with E-state index in [2.05, 4.69) is 28.3 Å². The van der Waals surface area contributed by atoms with Gasteiger partial charge in [-0.25, -0.2) is 0 Å². The predicted octanol–water partition coefficient (Wildman–Crippen LogP) is 6.73. The van der Waals surface area contributed by atoms with Gasteiger partial charge >= 0.3 is 0 Å². The summed E-state index contributed by atoms with van der Waals surface area (Å²) in [5.74, 6) is 0.0506. The van der Waals surface area contributed by atoms with Crippen LogP contribution in [0.5, 0.6) is 5.75 Å². The van der Waals surface area contributed by atoms with Crippen LogP contribution in [0.4, 0.5) is 0 Å². The molecule has 1 aliphatic heterocycles. The van der Waals surface area contributed by atoms with Crippen molar-refractivity contribution in [3.63, 3.8) is 0 Å². The van der Waals surface area contributed by atoms with E-state index in [0.717, 1.165) is 34.5 Å². The molecule has 1 heterocycles. The molecule has 8 heteroatoms. The summed E-state index contributed by atoms with van der Waals surface area (Å²) in [6.45, 7) is 2.93. The Morgan fingerprint density at radius 2 is 1.79 bits per heavy atom. The molecule has 1 saturated heterocycles. The zero-order valence-electron chi connectivity index (χ0n) is 18.5. The number of hydrazine groups is 1. The number of hydrogen-bond donors (Lipinski definition) is 1. The molecule has 174 valence electrons. The lowest BCUT2D eigenvalue weighted by Crippen LogP contribution is -2.44. The minimum absolute atomic E-state index is 0.283. The van der Waals surface area contributed by atoms with Crippen molar-refractivity contribution in [1.29, 1.82) is 0 Å². The van der Waals surface area contributed by atoms with E-state index in [4.69, 9.17) is 17.0 Å². The fourth-order valence-corrected chi connectivity index (χ4v) is 4.90. The van der Waals surface area contributed by atoms with Gasteiger partial charge in [-0.05, 0) is 70.5 Å². The topological polar surface area (TPSA) is 58.6 Å². The van der Waals surface area contributed by atoms with Gasteiger partial charge in [-0.2, -0.15) is 5.01 Å². The van der Waals surface area contributed by atoms with Crippen LogP contribution < -0.4 is 10.2 Å². The molecule has 1 N–H and O–H groups in total. The van der Waals surface area contributed by atoms with Gasteiger partial charge in [-0.1, -0.05) is 75.1 Å². The smallest absolute Gasteiger partial charge is 0.285 e. The molecular formula is C25H27BrN2O3S2. The number of hydrogen-bond acceptors (Lipinski definition) is 5. The van der Waals surface area contributed by atoms with E-state index in [1.54, 1.807) is 24.3 Å². The van der Waals surface area contributed by atoms with Gasteiger partial charge in [-0.3, -0.25) is 15.0 Å². The van der Waals surface area contributed by atoms with E-state index < -0.39 is 5.91 Å². The molecule has 0 atom stereocenters. The summed E-state index contributed by atoms with van der Waals surface area (Å²) in [6.07, 6.45) is 9.13. The molecular weight excluding hydrogens is 520 g/mol. The van der Waals surface area contributed by atoms with Gasteiger partial charge in [0.1, 0.15) is 5.75 Å². The molecule has 5 nitrogen and oxygen atoms in total. The van der Waals surface area contributed by atoms with Gasteiger partial charge in [0.05, 0.1) is 17.1 Å². The molecule has 1 aliphatic rings. The Balaban J connectivity index is 1.53. The third kappa shape index (κ3) is 7.42. The summed E-state index contributed by atoms with van der Waals surface area (Å²) < 4.78 is 6.74. The van der Waals surface area contributed by atoms with Crippen molar-refractivity contribution < 1.29 is 14.3 Å². The van der Waals surface area contributed by atoms with E-state index >= 15 is 0 Å². The molecule has 2 amide bonds.